The fourth-order valence-electron chi connectivity index (χ4n) is 4.09. The second-order valence-corrected chi connectivity index (χ2v) is 8.09. The van der Waals surface area contributed by atoms with E-state index < -0.39 is 11.9 Å². The second kappa shape index (κ2) is 10.9. The lowest BCUT2D eigenvalue weighted by atomic mass is 10.2. The first-order chi connectivity index (χ1) is 16.6. The third kappa shape index (κ3) is 5.42. The molecule has 0 N–H and O–H groups in total. The van der Waals surface area contributed by atoms with Crippen LogP contribution in [0.4, 0.5) is 5.69 Å². The topological polar surface area (TPSA) is 103 Å². The number of hydrogen-bond donors (Lipinski definition) is 0. The van der Waals surface area contributed by atoms with E-state index in [-0.39, 0.29) is 24.8 Å². The molecule has 0 radical (unpaired) electrons. The molecule has 2 aliphatic rings. The van der Waals surface area contributed by atoms with Crippen molar-refractivity contribution in [3.63, 3.8) is 0 Å². The summed E-state index contributed by atoms with van der Waals surface area (Å²) in [6.45, 7) is 3.37. The molecular weight excluding hydrogens is 436 g/mol. The van der Waals surface area contributed by atoms with Crippen molar-refractivity contribution in [2.45, 2.75) is 12.5 Å². The van der Waals surface area contributed by atoms with Gasteiger partial charge in [-0.3, -0.25) is 19.3 Å². The molecule has 0 aromatic heterocycles. The molecule has 2 fully saturated rings. The molecule has 0 saturated carbocycles. The van der Waals surface area contributed by atoms with Crippen LogP contribution >= 0.6 is 0 Å². The van der Waals surface area contributed by atoms with Gasteiger partial charge < -0.3 is 14.4 Å². The standard InChI is InChI=1S/C25H26N4O5/c26-17-19-6-8-20(9-7-19)29-23(30)16-22(25(29)32)28(11-10-27-12-14-33-15-13-27)24(31)18-34-21-4-2-1-3-5-21/h1-9,22H,10-16,18H2. The van der Waals surface area contributed by atoms with Gasteiger partial charge in [-0.1, -0.05) is 18.2 Å². The number of hydrogen-bond acceptors (Lipinski definition) is 7. The van der Waals surface area contributed by atoms with Crippen LogP contribution < -0.4 is 9.64 Å². The van der Waals surface area contributed by atoms with Crippen molar-refractivity contribution >= 4 is 23.4 Å². The Labute approximate surface area is 198 Å². The summed E-state index contributed by atoms with van der Waals surface area (Å²) in [5.74, 6) is -0.639. The van der Waals surface area contributed by atoms with Crippen molar-refractivity contribution < 1.29 is 23.9 Å². The molecule has 1 atom stereocenters. The average Bonchev–Trinajstić information content (AvgIpc) is 3.17. The normalized spacial score (nSPS) is 18.6. The number of rotatable bonds is 8. The summed E-state index contributed by atoms with van der Waals surface area (Å²) in [4.78, 5) is 44.0. The number of ether oxygens (including phenoxy) is 2. The number of carbonyl (C=O) groups is 3. The van der Waals surface area contributed by atoms with E-state index in [1.54, 1.807) is 36.4 Å². The summed E-state index contributed by atoms with van der Waals surface area (Å²) in [5, 5.41) is 9.01. The van der Waals surface area contributed by atoms with Crippen molar-refractivity contribution in [1.29, 1.82) is 5.26 Å². The van der Waals surface area contributed by atoms with Gasteiger partial charge in [0.05, 0.1) is 37.0 Å². The van der Waals surface area contributed by atoms with Crippen LogP contribution in [0.5, 0.6) is 5.75 Å². The number of benzene rings is 2. The Kier molecular flexibility index (Phi) is 7.52. The first kappa shape index (κ1) is 23.4. The predicted molar refractivity (Wildman–Crippen MR) is 123 cm³/mol. The summed E-state index contributed by atoms with van der Waals surface area (Å²) >= 11 is 0. The smallest absolute Gasteiger partial charge is 0.261 e. The maximum Gasteiger partial charge on any atom is 0.261 e. The van der Waals surface area contributed by atoms with Gasteiger partial charge in [0.2, 0.25) is 5.91 Å². The van der Waals surface area contributed by atoms with Crippen LogP contribution in [0.15, 0.2) is 54.6 Å². The second-order valence-electron chi connectivity index (χ2n) is 8.09. The highest BCUT2D eigenvalue weighted by atomic mass is 16.5. The Hall–Kier alpha value is -3.74. The SMILES string of the molecule is N#Cc1ccc(N2C(=O)CC(N(CCN3CCOCC3)C(=O)COc3ccccc3)C2=O)cc1. The Morgan fingerprint density at radius 2 is 1.79 bits per heavy atom. The average molecular weight is 463 g/mol. The zero-order valence-corrected chi connectivity index (χ0v) is 18.8. The molecule has 9 nitrogen and oxygen atoms in total. The zero-order valence-electron chi connectivity index (χ0n) is 18.8. The summed E-state index contributed by atoms with van der Waals surface area (Å²) < 4.78 is 11.0. The van der Waals surface area contributed by atoms with E-state index in [4.69, 9.17) is 14.7 Å². The van der Waals surface area contributed by atoms with Crippen LogP contribution in [0.3, 0.4) is 0 Å². The van der Waals surface area contributed by atoms with E-state index >= 15 is 0 Å². The quantitative estimate of drug-likeness (QED) is 0.547. The number of morpholine rings is 1. The molecule has 2 aromatic carbocycles. The molecule has 2 heterocycles. The van der Waals surface area contributed by atoms with Crippen LogP contribution in [-0.4, -0.2) is 79.6 Å². The number of imide groups is 1. The third-order valence-corrected chi connectivity index (χ3v) is 5.94. The number of amides is 3. The lowest BCUT2D eigenvalue weighted by Crippen LogP contribution is -2.51. The van der Waals surface area contributed by atoms with Gasteiger partial charge in [0.1, 0.15) is 11.8 Å². The maximum absolute atomic E-state index is 13.3. The van der Waals surface area contributed by atoms with Gasteiger partial charge in [-0.25, -0.2) is 4.90 Å². The van der Waals surface area contributed by atoms with E-state index in [9.17, 15) is 14.4 Å². The van der Waals surface area contributed by atoms with Crippen molar-refractivity contribution in [2.75, 3.05) is 50.9 Å². The van der Waals surface area contributed by atoms with Crippen molar-refractivity contribution in [2.24, 2.45) is 0 Å². The number of para-hydroxylation sites is 1. The number of carbonyl (C=O) groups excluding carboxylic acids is 3. The third-order valence-electron chi connectivity index (χ3n) is 5.94. The number of nitriles is 1. The molecule has 0 aliphatic carbocycles. The van der Waals surface area contributed by atoms with Crippen molar-refractivity contribution in [1.82, 2.24) is 9.80 Å². The van der Waals surface area contributed by atoms with Crippen LogP contribution in [0.25, 0.3) is 0 Å². The minimum Gasteiger partial charge on any atom is -0.484 e. The fraction of sp³-hybridized carbons (Fsp3) is 0.360. The zero-order chi connectivity index (χ0) is 23.9. The van der Waals surface area contributed by atoms with Crippen LogP contribution in [-0.2, 0) is 19.1 Å². The summed E-state index contributed by atoms with van der Waals surface area (Å²) in [6, 6.07) is 16.3. The lowest BCUT2D eigenvalue weighted by molar-refractivity contribution is -0.140. The molecule has 4 rings (SSSR count). The Bertz CT molecular complexity index is 1060. The van der Waals surface area contributed by atoms with Gasteiger partial charge in [-0.15, -0.1) is 0 Å². The highest BCUT2D eigenvalue weighted by molar-refractivity contribution is 6.23. The Morgan fingerprint density at radius 3 is 2.47 bits per heavy atom. The molecule has 9 heteroatoms. The molecule has 176 valence electrons. The molecule has 3 amide bonds. The van der Waals surface area contributed by atoms with Gasteiger partial charge in [0.15, 0.2) is 6.61 Å². The van der Waals surface area contributed by atoms with Gasteiger partial charge in [0, 0.05) is 26.2 Å². The molecule has 2 aromatic rings. The first-order valence-corrected chi connectivity index (χ1v) is 11.2. The predicted octanol–water partition coefficient (Wildman–Crippen LogP) is 1.43. The monoisotopic (exact) mass is 462 g/mol. The van der Waals surface area contributed by atoms with Crippen LogP contribution in [0.1, 0.15) is 12.0 Å². The van der Waals surface area contributed by atoms with Gasteiger partial charge in [-0.05, 0) is 36.4 Å². The van der Waals surface area contributed by atoms with E-state index in [0.717, 1.165) is 18.0 Å². The largest absolute Gasteiger partial charge is 0.484 e. The molecule has 1 unspecified atom stereocenters. The van der Waals surface area contributed by atoms with E-state index in [1.807, 2.05) is 24.3 Å². The number of nitrogens with zero attached hydrogens (tertiary/aromatic N) is 4. The van der Waals surface area contributed by atoms with Gasteiger partial charge in [0.25, 0.3) is 11.8 Å². The molecule has 0 bridgehead atoms. The summed E-state index contributed by atoms with van der Waals surface area (Å²) in [7, 11) is 0. The van der Waals surface area contributed by atoms with Crippen molar-refractivity contribution in [3.8, 4) is 11.8 Å². The van der Waals surface area contributed by atoms with Gasteiger partial charge in [-0.2, -0.15) is 5.26 Å². The van der Waals surface area contributed by atoms with Crippen molar-refractivity contribution in [3.05, 3.63) is 60.2 Å². The lowest BCUT2D eigenvalue weighted by Gasteiger charge is -2.32. The van der Waals surface area contributed by atoms with E-state index in [1.165, 1.54) is 4.90 Å². The fourth-order valence-corrected chi connectivity index (χ4v) is 4.09. The van der Waals surface area contributed by atoms with Crippen LogP contribution in [0, 0.1) is 11.3 Å². The molecule has 34 heavy (non-hydrogen) atoms. The minimum absolute atomic E-state index is 0.0982. The first-order valence-electron chi connectivity index (χ1n) is 11.2. The molecular formula is C25H26N4O5. The molecule has 2 aliphatic heterocycles. The summed E-state index contributed by atoms with van der Waals surface area (Å²) in [5.41, 5.74) is 0.817. The highest BCUT2D eigenvalue weighted by Gasteiger charge is 2.44. The summed E-state index contributed by atoms with van der Waals surface area (Å²) in [6.07, 6.45) is -0.0982. The molecule has 0 spiro atoms. The van der Waals surface area contributed by atoms with E-state index in [0.29, 0.717) is 43.3 Å². The van der Waals surface area contributed by atoms with Gasteiger partial charge >= 0.3 is 0 Å². The number of anilines is 1. The minimum atomic E-state index is -0.906. The van der Waals surface area contributed by atoms with Crippen LogP contribution in [0.2, 0.25) is 0 Å². The molecule has 2 saturated heterocycles. The highest BCUT2D eigenvalue weighted by Crippen LogP contribution is 2.26. The Balaban J connectivity index is 1.50. The Morgan fingerprint density at radius 1 is 1.09 bits per heavy atom. The van der Waals surface area contributed by atoms with E-state index in [2.05, 4.69) is 4.90 Å². The maximum atomic E-state index is 13.3.